The Morgan fingerprint density at radius 1 is 1.40 bits per heavy atom. The van der Waals surface area contributed by atoms with Gasteiger partial charge in [0.2, 0.25) is 5.69 Å². The van der Waals surface area contributed by atoms with Gasteiger partial charge < -0.3 is 5.11 Å². The molecule has 3 rings (SSSR count). The number of rotatable bonds is 3. The summed E-state index contributed by atoms with van der Waals surface area (Å²) < 4.78 is 5.37. The molecule has 3 aromatic rings. The molecule has 2 aromatic heterocycles. The number of nitrogens with zero attached hydrogens (tertiary/aromatic N) is 4. The van der Waals surface area contributed by atoms with Gasteiger partial charge in [-0.2, -0.15) is 9.47 Å². The first-order valence-electron chi connectivity index (χ1n) is 5.40. The van der Waals surface area contributed by atoms with E-state index in [9.17, 15) is 14.9 Å². The molecular formula is C11H6N4O4S. The second kappa shape index (κ2) is 4.38. The van der Waals surface area contributed by atoms with Gasteiger partial charge in [0.15, 0.2) is 0 Å². The van der Waals surface area contributed by atoms with Gasteiger partial charge in [-0.05, 0) is 23.7 Å². The van der Waals surface area contributed by atoms with E-state index >= 15 is 0 Å². The molecule has 0 unspecified atom stereocenters. The second-order valence-electron chi connectivity index (χ2n) is 3.87. The fourth-order valence-electron chi connectivity index (χ4n) is 1.80. The number of fused-ring (bicyclic) bond motifs is 1. The highest BCUT2D eigenvalue weighted by atomic mass is 32.1. The molecule has 0 bridgehead atoms. The highest BCUT2D eigenvalue weighted by Crippen LogP contribution is 2.28. The van der Waals surface area contributed by atoms with Crippen LogP contribution in [-0.2, 0) is 0 Å². The Labute approximate surface area is 115 Å². The van der Waals surface area contributed by atoms with E-state index in [1.807, 2.05) is 6.07 Å². The lowest BCUT2D eigenvalue weighted by molar-refractivity contribution is -0.385. The lowest BCUT2D eigenvalue weighted by Crippen LogP contribution is -2.02. The van der Waals surface area contributed by atoms with Crippen LogP contribution in [0.2, 0.25) is 0 Å². The monoisotopic (exact) mass is 290 g/mol. The minimum absolute atomic E-state index is 0.538. The molecule has 0 aliphatic carbocycles. The highest BCUT2D eigenvalue weighted by molar-refractivity contribution is 7.10. The van der Waals surface area contributed by atoms with Crippen LogP contribution in [0.25, 0.3) is 15.9 Å². The highest BCUT2D eigenvalue weighted by Gasteiger charge is 2.26. The van der Waals surface area contributed by atoms with Crippen molar-refractivity contribution in [2.24, 2.45) is 0 Å². The minimum Gasteiger partial charge on any atom is -0.476 e. The van der Waals surface area contributed by atoms with Crippen molar-refractivity contribution in [1.29, 1.82) is 0 Å². The Hall–Kier alpha value is -2.81. The zero-order chi connectivity index (χ0) is 14.3. The van der Waals surface area contributed by atoms with E-state index in [4.69, 9.17) is 5.11 Å². The van der Waals surface area contributed by atoms with Crippen LogP contribution in [0.4, 0.5) is 5.69 Å². The first kappa shape index (κ1) is 12.2. The largest absolute Gasteiger partial charge is 0.476 e. The van der Waals surface area contributed by atoms with Crippen molar-refractivity contribution in [3.8, 4) is 5.00 Å². The maximum absolute atomic E-state index is 11.0. The molecule has 20 heavy (non-hydrogen) atoms. The zero-order valence-corrected chi connectivity index (χ0v) is 10.6. The summed E-state index contributed by atoms with van der Waals surface area (Å²) in [4.78, 5) is 21.1. The van der Waals surface area contributed by atoms with Gasteiger partial charge in [0, 0.05) is 5.39 Å². The Balaban J connectivity index is 2.22. The number of hydrogen-bond acceptors (Lipinski definition) is 6. The van der Waals surface area contributed by atoms with Crippen LogP contribution in [0.5, 0.6) is 0 Å². The predicted octanol–water partition coefficient (Wildman–Crippen LogP) is 2.09. The van der Waals surface area contributed by atoms with Crippen LogP contribution < -0.4 is 0 Å². The Kier molecular flexibility index (Phi) is 2.68. The van der Waals surface area contributed by atoms with Crippen LogP contribution in [0.1, 0.15) is 10.5 Å². The zero-order valence-electron chi connectivity index (χ0n) is 9.76. The minimum atomic E-state index is -1.44. The molecule has 0 saturated carbocycles. The lowest BCUT2D eigenvalue weighted by Gasteiger charge is -1.95. The van der Waals surface area contributed by atoms with E-state index in [2.05, 4.69) is 9.47 Å². The first-order valence-corrected chi connectivity index (χ1v) is 6.17. The van der Waals surface area contributed by atoms with Crippen LogP contribution in [-0.4, -0.2) is 30.2 Å². The number of carbonyl (C=O) groups is 1. The predicted molar refractivity (Wildman–Crippen MR) is 70.4 cm³/mol. The normalized spacial score (nSPS) is 10.8. The molecule has 8 nitrogen and oxygen atoms in total. The van der Waals surface area contributed by atoms with Gasteiger partial charge in [-0.25, -0.2) is 9.48 Å². The van der Waals surface area contributed by atoms with E-state index in [0.717, 1.165) is 28.6 Å². The molecule has 1 N–H and O–H groups in total. The smallest absolute Gasteiger partial charge is 0.363 e. The molecule has 0 amide bonds. The molecule has 2 heterocycles. The van der Waals surface area contributed by atoms with Gasteiger partial charge in [-0.1, -0.05) is 12.1 Å². The van der Waals surface area contributed by atoms with Gasteiger partial charge in [0.25, 0.3) is 0 Å². The van der Waals surface area contributed by atoms with Gasteiger partial charge in [0.05, 0.1) is 10.4 Å². The first-order chi connectivity index (χ1) is 9.58. The van der Waals surface area contributed by atoms with Gasteiger partial charge in [-0.3, -0.25) is 10.1 Å². The second-order valence-corrected chi connectivity index (χ2v) is 4.63. The van der Waals surface area contributed by atoms with Crippen molar-refractivity contribution in [3.63, 3.8) is 0 Å². The van der Waals surface area contributed by atoms with Gasteiger partial charge in [-0.15, -0.1) is 0 Å². The van der Waals surface area contributed by atoms with Crippen LogP contribution in [0, 0.1) is 10.1 Å². The number of aromatic carboxylic acids is 1. The fraction of sp³-hybridized carbons (Fsp3) is 0. The average molecular weight is 290 g/mol. The number of benzene rings is 1. The molecule has 0 aliphatic heterocycles. The van der Waals surface area contributed by atoms with E-state index in [1.165, 1.54) is 4.68 Å². The average Bonchev–Trinajstić information content (AvgIpc) is 3.02. The van der Waals surface area contributed by atoms with E-state index in [-0.39, 0.29) is 0 Å². The fourth-order valence-corrected chi connectivity index (χ4v) is 2.59. The van der Waals surface area contributed by atoms with E-state index in [0.29, 0.717) is 5.00 Å². The molecular weight excluding hydrogens is 284 g/mol. The van der Waals surface area contributed by atoms with Gasteiger partial charge >= 0.3 is 11.7 Å². The molecule has 0 atom stereocenters. The van der Waals surface area contributed by atoms with E-state index < -0.39 is 22.3 Å². The van der Waals surface area contributed by atoms with Crippen molar-refractivity contribution in [3.05, 3.63) is 46.3 Å². The van der Waals surface area contributed by atoms with Crippen LogP contribution in [0.3, 0.4) is 0 Å². The summed E-state index contributed by atoms with van der Waals surface area (Å²) in [6.07, 6.45) is 1.09. The van der Waals surface area contributed by atoms with Crippen LogP contribution in [0.15, 0.2) is 30.5 Å². The lowest BCUT2D eigenvalue weighted by atomic mass is 10.2. The summed E-state index contributed by atoms with van der Waals surface area (Å²) in [5.74, 6) is -1.44. The number of carboxylic acids is 1. The summed E-state index contributed by atoms with van der Waals surface area (Å²) in [6.45, 7) is 0. The molecule has 0 fully saturated rings. The molecule has 0 aliphatic rings. The summed E-state index contributed by atoms with van der Waals surface area (Å²) in [6, 6.07) is 7.21. The topological polar surface area (TPSA) is 111 Å². The van der Waals surface area contributed by atoms with Gasteiger partial charge in [0.1, 0.15) is 11.2 Å². The maximum Gasteiger partial charge on any atom is 0.363 e. The molecule has 1 aromatic carbocycles. The number of aromatic nitrogens is 3. The standard InChI is InChI=1S/C11H6N4O4S/c16-11(17)9-8(15(18)19)5-14(12-9)10-6-3-1-2-4-7(6)13-20-10/h1-5H,(H,16,17). The van der Waals surface area contributed by atoms with Crippen LogP contribution >= 0.6 is 11.5 Å². The Bertz CT molecular complexity index is 806. The molecule has 0 saturated heterocycles. The number of hydrogen-bond donors (Lipinski definition) is 1. The third-order valence-corrected chi connectivity index (χ3v) is 3.54. The summed E-state index contributed by atoms with van der Waals surface area (Å²) in [7, 11) is 0. The molecule has 100 valence electrons. The third-order valence-electron chi connectivity index (χ3n) is 2.67. The van der Waals surface area contributed by atoms with E-state index in [1.54, 1.807) is 18.2 Å². The number of carboxylic acid groups (broad SMARTS) is 1. The maximum atomic E-state index is 11.0. The van der Waals surface area contributed by atoms with Crippen molar-refractivity contribution < 1.29 is 14.8 Å². The quantitative estimate of drug-likeness (QED) is 0.584. The van der Waals surface area contributed by atoms with Crippen molar-refractivity contribution in [2.45, 2.75) is 0 Å². The Morgan fingerprint density at radius 2 is 2.15 bits per heavy atom. The molecule has 0 spiro atoms. The molecule has 0 radical (unpaired) electrons. The number of nitro groups is 1. The van der Waals surface area contributed by atoms with Crippen molar-refractivity contribution >= 4 is 34.1 Å². The summed E-state index contributed by atoms with van der Waals surface area (Å²) in [5, 5.41) is 24.9. The summed E-state index contributed by atoms with van der Waals surface area (Å²) >= 11 is 1.10. The Morgan fingerprint density at radius 3 is 2.80 bits per heavy atom. The third kappa shape index (κ3) is 1.80. The van der Waals surface area contributed by atoms with Crippen molar-refractivity contribution in [2.75, 3.05) is 0 Å². The summed E-state index contributed by atoms with van der Waals surface area (Å²) in [5.41, 5.74) is -0.412. The SMILES string of the molecule is O=C(O)c1nn(-c2snc3ccccc23)cc1[N+](=O)[O-]. The van der Waals surface area contributed by atoms with Crippen molar-refractivity contribution in [1.82, 2.24) is 14.2 Å². The molecule has 9 heteroatoms.